The Hall–Kier alpha value is -2.47. The minimum atomic E-state index is -3.72. The number of para-hydroxylation sites is 1. The lowest BCUT2D eigenvalue weighted by Crippen LogP contribution is -2.38. The number of amides is 1. The van der Waals surface area contributed by atoms with Crippen molar-refractivity contribution in [2.45, 2.75) is 30.2 Å². The quantitative estimate of drug-likeness (QED) is 0.175. The van der Waals surface area contributed by atoms with Crippen molar-refractivity contribution < 1.29 is 13.2 Å². The van der Waals surface area contributed by atoms with Gasteiger partial charge in [0.25, 0.3) is 5.91 Å². The second-order valence-corrected chi connectivity index (χ2v) is 13.0. The Balaban J connectivity index is 0.00000441. The van der Waals surface area contributed by atoms with Crippen molar-refractivity contribution in [1.82, 2.24) is 14.2 Å². The smallest absolute Gasteiger partial charge is 0.260 e. The number of likely N-dealkylation sites (N-methyl/N-ethyl adjacent to an activating group) is 1. The molecule has 1 amide bonds. The molecule has 0 aliphatic carbocycles. The van der Waals surface area contributed by atoms with Gasteiger partial charge >= 0.3 is 0 Å². The fraction of sp³-hybridized carbons (Fsp3) is 0.310. The highest BCUT2D eigenvalue weighted by atomic mass is 35.5. The van der Waals surface area contributed by atoms with Crippen LogP contribution in [0.15, 0.2) is 82.6 Å². The summed E-state index contributed by atoms with van der Waals surface area (Å²) in [6.07, 6.45) is 2.02. The summed E-state index contributed by atoms with van der Waals surface area (Å²) in [7, 11) is -2.15. The number of halogens is 1. The van der Waals surface area contributed by atoms with Crippen LogP contribution in [0.25, 0.3) is 10.2 Å². The normalized spacial score (nSPS) is 11.7. The number of hydrogen-bond acceptors (Lipinski definition) is 7. The summed E-state index contributed by atoms with van der Waals surface area (Å²) >= 11 is 3.13. The van der Waals surface area contributed by atoms with Crippen molar-refractivity contribution in [3.05, 3.63) is 83.9 Å². The van der Waals surface area contributed by atoms with E-state index in [0.29, 0.717) is 23.8 Å². The van der Waals surface area contributed by atoms with Crippen LogP contribution in [0, 0.1) is 0 Å². The molecule has 11 heteroatoms. The van der Waals surface area contributed by atoms with Crippen molar-refractivity contribution in [3.8, 4) is 0 Å². The van der Waals surface area contributed by atoms with E-state index in [4.69, 9.17) is 4.98 Å². The molecular weight excluding hydrogens is 584 g/mol. The number of carbonyl (C=O) groups excluding carboxylic acids is 1. The van der Waals surface area contributed by atoms with Crippen LogP contribution in [0.3, 0.4) is 0 Å². The average Bonchev–Trinajstić information content (AvgIpc) is 3.40. The highest BCUT2D eigenvalue weighted by molar-refractivity contribution is 7.98. The van der Waals surface area contributed by atoms with Gasteiger partial charge in [-0.2, -0.15) is 4.31 Å². The van der Waals surface area contributed by atoms with E-state index in [-0.39, 0.29) is 29.8 Å². The second kappa shape index (κ2) is 14.4. The molecule has 4 rings (SSSR count). The molecule has 0 saturated carbocycles. The van der Waals surface area contributed by atoms with Gasteiger partial charge in [0.1, 0.15) is 0 Å². The highest BCUT2D eigenvalue weighted by Crippen LogP contribution is 2.34. The first kappa shape index (κ1) is 32.0. The molecular formula is C29H35ClN4O3S3. The van der Waals surface area contributed by atoms with E-state index >= 15 is 0 Å². The summed E-state index contributed by atoms with van der Waals surface area (Å²) in [5, 5.41) is 0.642. The molecule has 0 aliphatic heterocycles. The minimum absolute atomic E-state index is 0. The Kier molecular flexibility index (Phi) is 11.6. The molecule has 0 unspecified atom stereocenters. The summed E-state index contributed by atoms with van der Waals surface area (Å²) in [4.78, 5) is 23.9. The van der Waals surface area contributed by atoms with Gasteiger partial charge in [0, 0.05) is 37.1 Å². The van der Waals surface area contributed by atoms with Gasteiger partial charge in [0.15, 0.2) is 5.13 Å². The predicted molar refractivity (Wildman–Crippen MR) is 170 cm³/mol. The molecule has 40 heavy (non-hydrogen) atoms. The fourth-order valence-corrected chi connectivity index (χ4v) is 7.09. The number of anilines is 1. The van der Waals surface area contributed by atoms with Gasteiger partial charge in [0.05, 0.1) is 15.1 Å². The molecule has 0 radical (unpaired) electrons. The maximum atomic E-state index is 13.8. The van der Waals surface area contributed by atoms with E-state index in [1.165, 1.54) is 27.8 Å². The first-order chi connectivity index (χ1) is 18.8. The third kappa shape index (κ3) is 7.23. The van der Waals surface area contributed by atoms with Crippen molar-refractivity contribution >= 4 is 66.8 Å². The van der Waals surface area contributed by atoms with Gasteiger partial charge in [-0.3, -0.25) is 9.69 Å². The van der Waals surface area contributed by atoms with E-state index in [9.17, 15) is 13.2 Å². The number of thioether (sulfide) groups is 1. The van der Waals surface area contributed by atoms with E-state index in [0.717, 1.165) is 33.8 Å². The Bertz CT molecular complexity index is 1510. The molecule has 7 nitrogen and oxygen atoms in total. The summed E-state index contributed by atoms with van der Waals surface area (Å²) in [5.41, 5.74) is 2.22. The number of sulfonamides is 1. The SMILES string of the molecule is CCN(CC)CCN(C(=O)c1ccc(S(=O)(=O)N(C)Cc2ccccc2)cc1)c1nc2c(SC)cccc2s1.Cl. The van der Waals surface area contributed by atoms with Crippen LogP contribution in [0.5, 0.6) is 0 Å². The van der Waals surface area contributed by atoms with Crippen LogP contribution >= 0.6 is 35.5 Å². The molecule has 214 valence electrons. The van der Waals surface area contributed by atoms with Crippen LogP contribution in [0.2, 0.25) is 0 Å². The maximum absolute atomic E-state index is 13.8. The zero-order valence-corrected chi connectivity index (χ0v) is 26.4. The van der Waals surface area contributed by atoms with Gasteiger partial charge < -0.3 is 4.90 Å². The fourth-order valence-electron chi connectivity index (χ4n) is 4.29. The molecule has 0 fully saturated rings. The van der Waals surface area contributed by atoms with Crippen LogP contribution < -0.4 is 4.90 Å². The van der Waals surface area contributed by atoms with Gasteiger partial charge in [-0.15, -0.1) is 24.2 Å². The summed E-state index contributed by atoms with van der Waals surface area (Å²) < 4.78 is 28.7. The van der Waals surface area contributed by atoms with Gasteiger partial charge in [-0.05, 0) is 61.3 Å². The van der Waals surface area contributed by atoms with Crippen molar-refractivity contribution in [3.63, 3.8) is 0 Å². The van der Waals surface area contributed by atoms with Gasteiger partial charge in [-0.1, -0.05) is 61.6 Å². The number of thiazole rings is 1. The molecule has 0 atom stereocenters. The molecule has 0 bridgehead atoms. The predicted octanol–water partition coefficient (Wildman–Crippen LogP) is 6.25. The molecule has 1 aromatic heterocycles. The zero-order valence-electron chi connectivity index (χ0n) is 23.1. The number of fused-ring (bicyclic) bond motifs is 1. The standard InChI is InChI=1S/C29H34N4O3S3.ClH/c1-5-32(6-2)19-20-33(29-30-27-25(37-4)13-10-14-26(27)38-29)28(34)23-15-17-24(18-16-23)39(35,36)31(3)21-22-11-8-7-9-12-22;/h7-18H,5-6,19-21H2,1-4H3;1H. The largest absolute Gasteiger partial charge is 0.302 e. The lowest BCUT2D eigenvalue weighted by atomic mass is 10.2. The summed E-state index contributed by atoms with van der Waals surface area (Å²) in [6.45, 7) is 7.43. The van der Waals surface area contributed by atoms with Crippen molar-refractivity contribution in [2.75, 3.05) is 44.4 Å². The lowest BCUT2D eigenvalue weighted by Gasteiger charge is -2.25. The van der Waals surface area contributed by atoms with E-state index in [1.807, 2.05) is 54.8 Å². The molecule has 0 saturated heterocycles. The van der Waals surface area contributed by atoms with Crippen molar-refractivity contribution in [2.24, 2.45) is 0 Å². The minimum Gasteiger partial charge on any atom is -0.302 e. The number of hydrogen-bond donors (Lipinski definition) is 0. The third-order valence-electron chi connectivity index (χ3n) is 6.66. The van der Waals surface area contributed by atoms with E-state index in [1.54, 1.807) is 35.8 Å². The number of carbonyl (C=O) groups is 1. The molecule has 1 heterocycles. The molecule has 3 aromatic carbocycles. The molecule has 4 aromatic rings. The average molecular weight is 619 g/mol. The van der Waals surface area contributed by atoms with E-state index < -0.39 is 10.0 Å². The Labute approximate surface area is 251 Å². The number of aromatic nitrogens is 1. The van der Waals surface area contributed by atoms with E-state index in [2.05, 4.69) is 18.7 Å². The molecule has 0 N–H and O–H groups in total. The third-order valence-corrected chi connectivity index (χ3v) is 10.3. The lowest BCUT2D eigenvalue weighted by molar-refractivity contribution is 0.0983. The molecule has 0 spiro atoms. The summed E-state index contributed by atoms with van der Waals surface area (Å²) in [6, 6.07) is 21.7. The Morgan fingerprint density at radius 1 is 0.925 bits per heavy atom. The van der Waals surface area contributed by atoms with Crippen LogP contribution in [0.1, 0.15) is 29.8 Å². The Morgan fingerprint density at radius 2 is 1.60 bits per heavy atom. The maximum Gasteiger partial charge on any atom is 0.260 e. The first-order valence-corrected chi connectivity index (χ1v) is 16.3. The monoisotopic (exact) mass is 618 g/mol. The topological polar surface area (TPSA) is 73.8 Å². The summed E-state index contributed by atoms with van der Waals surface area (Å²) in [5.74, 6) is -0.200. The van der Waals surface area contributed by atoms with Crippen LogP contribution in [-0.4, -0.2) is 68.0 Å². The van der Waals surface area contributed by atoms with Crippen molar-refractivity contribution in [1.29, 1.82) is 0 Å². The molecule has 0 aliphatic rings. The van der Waals surface area contributed by atoms with Crippen LogP contribution in [-0.2, 0) is 16.6 Å². The van der Waals surface area contributed by atoms with Gasteiger partial charge in [0.2, 0.25) is 10.0 Å². The number of benzene rings is 3. The second-order valence-electron chi connectivity index (χ2n) is 9.06. The first-order valence-electron chi connectivity index (χ1n) is 12.9. The zero-order chi connectivity index (χ0) is 28.0. The van der Waals surface area contributed by atoms with Gasteiger partial charge in [-0.25, -0.2) is 13.4 Å². The van der Waals surface area contributed by atoms with Crippen LogP contribution in [0.4, 0.5) is 5.13 Å². The number of rotatable bonds is 12. The highest BCUT2D eigenvalue weighted by Gasteiger charge is 2.25. The Morgan fingerprint density at radius 3 is 2.23 bits per heavy atom. The number of nitrogens with zero attached hydrogens (tertiary/aromatic N) is 4.